The summed E-state index contributed by atoms with van der Waals surface area (Å²) < 4.78 is 68.1. The molecule has 17 nitrogen and oxygen atoms in total. The van der Waals surface area contributed by atoms with Gasteiger partial charge in [0.2, 0.25) is 0 Å². The molecular formula is C68H132O17P2. The van der Waals surface area contributed by atoms with Crippen molar-refractivity contribution in [2.45, 2.75) is 350 Å². The van der Waals surface area contributed by atoms with Crippen LogP contribution in [-0.2, 0) is 65.4 Å². The highest BCUT2D eigenvalue weighted by molar-refractivity contribution is 7.47. The number of phosphoric ester groups is 2. The average molecular weight is 1280 g/mol. The number of carbonyl (C=O) groups is 4. The molecule has 0 aliphatic rings. The highest BCUT2D eigenvalue weighted by Crippen LogP contribution is 2.45. The number of ether oxygens (including phenoxy) is 4. The molecule has 0 heterocycles. The Morgan fingerprint density at radius 2 is 0.483 bits per heavy atom. The van der Waals surface area contributed by atoms with Gasteiger partial charge in [-0.15, -0.1) is 0 Å². The summed E-state index contributed by atoms with van der Waals surface area (Å²) in [5.74, 6) is 0.770. The number of hydrogen-bond donors (Lipinski definition) is 3. The maximum Gasteiger partial charge on any atom is 0.472 e. The molecule has 516 valence electrons. The number of aliphatic hydroxyl groups is 1. The van der Waals surface area contributed by atoms with Crippen molar-refractivity contribution < 1.29 is 80.2 Å². The van der Waals surface area contributed by atoms with Crippen LogP contribution in [0.1, 0.15) is 331 Å². The van der Waals surface area contributed by atoms with Crippen LogP contribution in [0.4, 0.5) is 0 Å². The van der Waals surface area contributed by atoms with E-state index in [0.29, 0.717) is 37.5 Å². The van der Waals surface area contributed by atoms with Crippen LogP contribution >= 0.6 is 15.6 Å². The molecular weight excluding hydrogens is 1150 g/mol. The van der Waals surface area contributed by atoms with Crippen molar-refractivity contribution in [3.05, 3.63) is 0 Å². The van der Waals surface area contributed by atoms with Gasteiger partial charge >= 0.3 is 39.5 Å². The molecule has 5 atom stereocenters. The quantitative estimate of drug-likeness (QED) is 0.0222. The van der Waals surface area contributed by atoms with Crippen molar-refractivity contribution in [2.75, 3.05) is 39.6 Å². The van der Waals surface area contributed by atoms with Crippen LogP contribution in [0, 0.1) is 23.7 Å². The largest absolute Gasteiger partial charge is 0.472 e. The van der Waals surface area contributed by atoms with E-state index in [4.69, 9.17) is 37.0 Å². The van der Waals surface area contributed by atoms with E-state index < -0.39 is 97.5 Å². The molecule has 0 aromatic carbocycles. The molecule has 0 amide bonds. The van der Waals surface area contributed by atoms with Gasteiger partial charge in [0.25, 0.3) is 0 Å². The molecule has 0 aromatic heterocycles. The zero-order valence-electron chi connectivity index (χ0n) is 56.6. The van der Waals surface area contributed by atoms with Gasteiger partial charge in [0.1, 0.15) is 19.3 Å². The Morgan fingerprint density at radius 3 is 0.713 bits per heavy atom. The molecule has 0 aliphatic heterocycles. The maximum atomic E-state index is 13.0. The first-order valence-electron chi connectivity index (χ1n) is 35.2. The molecule has 0 spiro atoms. The van der Waals surface area contributed by atoms with Gasteiger partial charge in [-0.3, -0.25) is 37.3 Å². The van der Waals surface area contributed by atoms with Gasteiger partial charge in [-0.2, -0.15) is 0 Å². The van der Waals surface area contributed by atoms with E-state index in [9.17, 15) is 43.2 Å². The van der Waals surface area contributed by atoms with Crippen molar-refractivity contribution in [2.24, 2.45) is 23.7 Å². The second kappa shape index (κ2) is 57.9. The molecule has 19 heteroatoms. The van der Waals surface area contributed by atoms with Crippen LogP contribution in [0.2, 0.25) is 0 Å². The third-order valence-electron chi connectivity index (χ3n) is 15.6. The Hall–Kier alpha value is -1.94. The number of esters is 4. The number of phosphoric acid groups is 2. The lowest BCUT2D eigenvalue weighted by atomic mass is 10.0. The molecule has 0 saturated carbocycles. The molecule has 87 heavy (non-hydrogen) atoms. The molecule has 2 unspecified atom stereocenters. The van der Waals surface area contributed by atoms with Gasteiger partial charge < -0.3 is 33.8 Å². The second-order valence-electron chi connectivity index (χ2n) is 26.5. The van der Waals surface area contributed by atoms with E-state index in [1.165, 1.54) is 128 Å². The Bertz CT molecular complexity index is 1730. The maximum absolute atomic E-state index is 13.0. The average Bonchev–Trinajstić information content (AvgIpc) is 3.65. The van der Waals surface area contributed by atoms with Crippen LogP contribution in [0.25, 0.3) is 0 Å². The molecule has 0 bridgehead atoms. The standard InChI is InChI=1S/C68H132O17P2/c1-58(2)44-36-28-20-15-12-10-9-11-13-17-24-34-42-50-67(72)84-64(55-79-66(71)49-41-33-27-26-31-39-47-61(7)8)57-83-87(76,77)81-53-62(69)52-80-86(74,75)82-56-63(85-68(73)51-43-35-25-19-22-30-38-46-60(5)6)54-78-65(70)48-40-32-23-18-14-16-21-29-37-45-59(3)4/h58-64,69H,9-57H2,1-8H3,(H,74,75)(H,76,77)/t62-,63-,64-/m1/s1. The lowest BCUT2D eigenvalue weighted by molar-refractivity contribution is -0.161. The van der Waals surface area contributed by atoms with Gasteiger partial charge in [-0.1, -0.05) is 280 Å². The fourth-order valence-electron chi connectivity index (χ4n) is 10.1. The third-order valence-corrected chi connectivity index (χ3v) is 17.5. The summed E-state index contributed by atoms with van der Waals surface area (Å²) in [7, 11) is -9.90. The Kier molecular flexibility index (Phi) is 56.6. The smallest absolute Gasteiger partial charge is 0.462 e. The Morgan fingerprint density at radius 1 is 0.287 bits per heavy atom. The lowest BCUT2D eigenvalue weighted by Gasteiger charge is -2.21. The normalized spacial score (nSPS) is 14.3. The molecule has 0 aliphatic carbocycles. The van der Waals surface area contributed by atoms with Crippen LogP contribution in [-0.4, -0.2) is 96.7 Å². The van der Waals surface area contributed by atoms with Crippen molar-refractivity contribution in [3.63, 3.8) is 0 Å². The van der Waals surface area contributed by atoms with E-state index in [2.05, 4.69) is 55.4 Å². The first-order chi connectivity index (χ1) is 41.6. The van der Waals surface area contributed by atoms with Gasteiger partial charge in [0, 0.05) is 25.7 Å². The third kappa shape index (κ3) is 62.6. The van der Waals surface area contributed by atoms with Crippen LogP contribution < -0.4 is 0 Å². The van der Waals surface area contributed by atoms with Crippen LogP contribution in [0.5, 0.6) is 0 Å². The fraction of sp³-hybridized carbons (Fsp3) is 0.941. The number of carbonyl (C=O) groups excluding carboxylic acids is 4. The summed E-state index contributed by atoms with van der Waals surface area (Å²) >= 11 is 0. The minimum Gasteiger partial charge on any atom is -0.462 e. The highest BCUT2D eigenvalue weighted by Gasteiger charge is 2.30. The minimum absolute atomic E-state index is 0.102. The number of hydrogen-bond acceptors (Lipinski definition) is 15. The van der Waals surface area contributed by atoms with Crippen molar-refractivity contribution in [1.82, 2.24) is 0 Å². The summed E-state index contributed by atoms with van der Waals surface area (Å²) in [4.78, 5) is 72.4. The van der Waals surface area contributed by atoms with Gasteiger partial charge in [0.05, 0.1) is 26.4 Å². The summed E-state index contributed by atoms with van der Waals surface area (Å²) in [5.41, 5.74) is 0. The molecule has 0 rings (SSSR count). The number of unbranched alkanes of at least 4 members (excludes halogenated alkanes) is 31. The summed E-state index contributed by atoms with van der Waals surface area (Å²) in [6.07, 6.45) is 39.2. The van der Waals surface area contributed by atoms with Crippen molar-refractivity contribution in [1.29, 1.82) is 0 Å². The van der Waals surface area contributed by atoms with Crippen molar-refractivity contribution in [3.8, 4) is 0 Å². The van der Waals surface area contributed by atoms with Gasteiger partial charge in [-0.05, 0) is 49.4 Å². The predicted molar refractivity (Wildman–Crippen MR) is 349 cm³/mol. The monoisotopic (exact) mass is 1280 g/mol. The van der Waals surface area contributed by atoms with E-state index >= 15 is 0 Å². The van der Waals surface area contributed by atoms with Gasteiger partial charge in [-0.25, -0.2) is 9.13 Å². The first-order valence-corrected chi connectivity index (χ1v) is 38.2. The molecule has 0 radical (unpaired) electrons. The predicted octanol–water partition coefficient (Wildman–Crippen LogP) is 18.9. The first kappa shape index (κ1) is 85.1. The summed E-state index contributed by atoms with van der Waals surface area (Å²) in [6, 6.07) is 0. The van der Waals surface area contributed by atoms with Crippen LogP contribution in [0.3, 0.4) is 0 Å². The lowest BCUT2D eigenvalue weighted by Crippen LogP contribution is -2.30. The van der Waals surface area contributed by atoms with Crippen LogP contribution in [0.15, 0.2) is 0 Å². The van der Waals surface area contributed by atoms with E-state index in [1.54, 1.807) is 0 Å². The minimum atomic E-state index is -4.95. The topological polar surface area (TPSA) is 237 Å². The Labute approximate surface area is 530 Å². The zero-order chi connectivity index (χ0) is 64.7. The van der Waals surface area contributed by atoms with E-state index in [1.807, 2.05) is 0 Å². The second-order valence-corrected chi connectivity index (χ2v) is 29.4. The Balaban J connectivity index is 5.22. The summed E-state index contributed by atoms with van der Waals surface area (Å²) in [5, 5.41) is 10.6. The molecule has 3 N–H and O–H groups in total. The highest BCUT2D eigenvalue weighted by atomic mass is 31.2. The number of rotatable bonds is 65. The van der Waals surface area contributed by atoms with Gasteiger partial charge in [0.15, 0.2) is 12.2 Å². The molecule has 0 fully saturated rings. The molecule has 0 saturated heterocycles. The zero-order valence-corrected chi connectivity index (χ0v) is 58.4. The fourth-order valence-corrected chi connectivity index (χ4v) is 11.7. The van der Waals surface area contributed by atoms with E-state index in [-0.39, 0.29) is 25.7 Å². The molecule has 0 aromatic rings. The number of aliphatic hydroxyl groups excluding tert-OH is 1. The van der Waals surface area contributed by atoms with E-state index in [0.717, 1.165) is 108 Å². The SMILES string of the molecule is CC(C)CCCCCCCCCCCCCCCC(=O)O[C@H](COC(=O)CCCCCCCCC(C)C)COP(=O)(O)OC[C@H](O)COP(=O)(O)OC[C@@H](COC(=O)CCCCCCCCCCCC(C)C)OC(=O)CCCCCCCCCC(C)C. The van der Waals surface area contributed by atoms with Crippen molar-refractivity contribution >= 4 is 39.5 Å². The summed E-state index contributed by atoms with van der Waals surface area (Å²) in [6.45, 7) is 14.0.